The molecule has 0 spiro atoms. The molecule has 26 heavy (non-hydrogen) atoms. The first kappa shape index (κ1) is 17.0. The maximum atomic E-state index is 12.5. The number of nitrogens with one attached hydrogen (secondary N) is 1. The molecule has 0 saturated heterocycles. The van der Waals surface area contributed by atoms with Crippen LogP contribution < -0.4 is 5.56 Å². The summed E-state index contributed by atoms with van der Waals surface area (Å²) in [5.41, 5.74) is 0.891. The summed E-state index contributed by atoms with van der Waals surface area (Å²) in [4.78, 5) is 21.9. The van der Waals surface area contributed by atoms with Crippen LogP contribution in [0.1, 0.15) is 34.2 Å². The lowest BCUT2D eigenvalue weighted by atomic mass is 10.2. The standard InChI is InChI=1S/C16H16N6O2S2/c1-8-9(2)25-15-12(8)14(23)17-13(18-15)10(3)26-16-19-20-21-22(16)7-11-5-4-6-24-11/h4-6,10H,7H2,1-3H3,(H,17,18,23)/t10-/m1/s1. The van der Waals surface area contributed by atoms with Crippen molar-refractivity contribution in [3.05, 3.63) is 50.8 Å². The minimum Gasteiger partial charge on any atom is -0.467 e. The molecular formula is C16H16N6O2S2. The van der Waals surface area contributed by atoms with Crippen molar-refractivity contribution in [1.29, 1.82) is 0 Å². The highest BCUT2D eigenvalue weighted by Gasteiger charge is 2.19. The highest BCUT2D eigenvalue weighted by atomic mass is 32.2. The van der Waals surface area contributed by atoms with Crippen LogP contribution in [0, 0.1) is 13.8 Å². The Morgan fingerprint density at radius 3 is 3.04 bits per heavy atom. The molecule has 1 N–H and O–H groups in total. The molecule has 0 aromatic carbocycles. The van der Waals surface area contributed by atoms with Gasteiger partial charge in [0.2, 0.25) is 5.16 Å². The number of rotatable bonds is 5. The molecule has 134 valence electrons. The lowest BCUT2D eigenvalue weighted by Gasteiger charge is -2.10. The molecule has 4 aromatic heterocycles. The predicted octanol–water partition coefficient (Wildman–Crippen LogP) is 3.08. The smallest absolute Gasteiger partial charge is 0.259 e. The van der Waals surface area contributed by atoms with E-state index in [4.69, 9.17) is 4.42 Å². The van der Waals surface area contributed by atoms with Crippen LogP contribution in [-0.4, -0.2) is 30.2 Å². The molecule has 4 rings (SSSR count). The van der Waals surface area contributed by atoms with E-state index in [-0.39, 0.29) is 10.8 Å². The van der Waals surface area contributed by atoms with E-state index in [9.17, 15) is 4.79 Å². The van der Waals surface area contributed by atoms with Gasteiger partial charge in [-0.05, 0) is 48.9 Å². The fourth-order valence-electron chi connectivity index (χ4n) is 2.61. The molecule has 0 amide bonds. The quantitative estimate of drug-likeness (QED) is 0.524. The zero-order chi connectivity index (χ0) is 18.3. The fraction of sp³-hybridized carbons (Fsp3) is 0.312. The van der Waals surface area contributed by atoms with Gasteiger partial charge >= 0.3 is 0 Å². The van der Waals surface area contributed by atoms with Crippen LogP contribution in [0.3, 0.4) is 0 Å². The summed E-state index contributed by atoms with van der Waals surface area (Å²) < 4.78 is 7.01. The van der Waals surface area contributed by atoms with E-state index in [1.165, 1.54) is 11.8 Å². The molecule has 0 fully saturated rings. The third kappa shape index (κ3) is 3.06. The fourth-order valence-corrected chi connectivity index (χ4v) is 4.49. The Labute approximate surface area is 156 Å². The van der Waals surface area contributed by atoms with Crippen molar-refractivity contribution >= 4 is 33.3 Å². The van der Waals surface area contributed by atoms with E-state index in [1.54, 1.807) is 22.3 Å². The van der Waals surface area contributed by atoms with Gasteiger partial charge in [0.1, 0.15) is 23.0 Å². The number of thioether (sulfide) groups is 1. The molecule has 1 atom stereocenters. The zero-order valence-electron chi connectivity index (χ0n) is 14.4. The number of hydrogen-bond donors (Lipinski definition) is 1. The molecule has 4 heterocycles. The maximum absolute atomic E-state index is 12.5. The Morgan fingerprint density at radius 2 is 2.27 bits per heavy atom. The van der Waals surface area contributed by atoms with E-state index in [0.29, 0.717) is 22.9 Å². The molecule has 0 bridgehead atoms. The van der Waals surface area contributed by atoms with Gasteiger partial charge in [-0.15, -0.1) is 16.4 Å². The number of thiophene rings is 1. The van der Waals surface area contributed by atoms with Crippen LogP contribution >= 0.6 is 23.1 Å². The number of aryl methyl sites for hydroxylation is 2. The van der Waals surface area contributed by atoms with Gasteiger partial charge in [-0.2, -0.15) is 0 Å². The largest absolute Gasteiger partial charge is 0.467 e. The van der Waals surface area contributed by atoms with E-state index >= 15 is 0 Å². The Hall–Kier alpha value is -2.46. The zero-order valence-corrected chi connectivity index (χ0v) is 16.0. The summed E-state index contributed by atoms with van der Waals surface area (Å²) in [6.07, 6.45) is 1.62. The van der Waals surface area contributed by atoms with Gasteiger partial charge in [0, 0.05) is 4.88 Å². The van der Waals surface area contributed by atoms with Crippen molar-refractivity contribution in [3.8, 4) is 0 Å². The third-order valence-electron chi connectivity index (χ3n) is 4.11. The number of furan rings is 1. The second-order valence-electron chi connectivity index (χ2n) is 5.87. The highest BCUT2D eigenvalue weighted by Crippen LogP contribution is 2.33. The summed E-state index contributed by atoms with van der Waals surface area (Å²) >= 11 is 2.98. The topological polar surface area (TPSA) is 102 Å². The number of fused-ring (bicyclic) bond motifs is 1. The molecule has 10 heteroatoms. The molecular weight excluding hydrogens is 372 g/mol. The predicted molar refractivity (Wildman–Crippen MR) is 99.6 cm³/mol. The molecule has 0 aliphatic heterocycles. The summed E-state index contributed by atoms with van der Waals surface area (Å²) in [5, 5.41) is 13.0. The molecule has 0 aliphatic carbocycles. The van der Waals surface area contributed by atoms with E-state index in [1.807, 2.05) is 32.9 Å². The van der Waals surface area contributed by atoms with Gasteiger partial charge in [0.25, 0.3) is 5.56 Å². The monoisotopic (exact) mass is 388 g/mol. The summed E-state index contributed by atoms with van der Waals surface area (Å²) in [6.45, 7) is 6.36. The second kappa shape index (κ2) is 6.69. The van der Waals surface area contributed by atoms with Crippen LogP contribution in [0.4, 0.5) is 0 Å². The first-order valence-corrected chi connectivity index (χ1v) is 9.67. The Morgan fingerprint density at radius 1 is 1.42 bits per heavy atom. The number of hydrogen-bond acceptors (Lipinski definition) is 8. The SMILES string of the molecule is Cc1sc2nc([C@@H](C)Sc3nnnn3Cc3ccco3)[nH]c(=O)c2c1C. The van der Waals surface area contributed by atoms with Gasteiger partial charge in [-0.3, -0.25) is 4.79 Å². The van der Waals surface area contributed by atoms with Gasteiger partial charge in [0.05, 0.1) is 16.9 Å². The van der Waals surface area contributed by atoms with Crippen molar-refractivity contribution in [2.75, 3.05) is 0 Å². The Balaban J connectivity index is 1.61. The number of aromatic amines is 1. The lowest BCUT2D eigenvalue weighted by molar-refractivity contribution is 0.462. The molecule has 0 radical (unpaired) electrons. The Bertz CT molecular complexity index is 1110. The van der Waals surface area contributed by atoms with Crippen LogP contribution in [0.2, 0.25) is 0 Å². The van der Waals surface area contributed by atoms with Gasteiger partial charge < -0.3 is 9.40 Å². The summed E-state index contributed by atoms with van der Waals surface area (Å²) in [7, 11) is 0. The van der Waals surface area contributed by atoms with Crippen LogP contribution in [0.5, 0.6) is 0 Å². The van der Waals surface area contributed by atoms with Crippen molar-refractivity contribution in [2.24, 2.45) is 0 Å². The van der Waals surface area contributed by atoms with Gasteiger partial charge in [0.15, 0.2) is 0 Å². The third-order valence-corrected chi connectivity index (χ3v) is 6.29. The lowest BCUT2D eigenvalue weighted by Crippen LogP contribution is -2.13. The average Bonchev–Trinajstić information content (AvgIpc) is 3.32. The first-order chi connectivity index (χ1) is 12.5. The minimum atomic E-state index is -0.115. The molecule has 0 unspecified atom stereocenters. The summed E-state index contributed by atoms with van der Waals surface area (Å²) in [6, 6.07) is 3.69. The normalized spacial score (nSPS) is 12.7. The molecule has 4 aromatic rings. The van der Waals surface area contributed by atoms with Crippen molar-refractivity contribution in [2.45, 2.75) is 37.7 Å². The van der Waals surface area contributed by atoms with Crippen LogP contribution in [-0.2, 0) is 6.54 Å². The molecule has 0 aliphatic rings. The van der Waals surface area contributed by atoms with E-state index in [0.717, 1.165) is 21.0 Å². The second-order valence-corrected chi connectivity index (χ2v) is 8.38. The number of H-pyrrole nitrogens is 1. The van der Waals surface area contributed by atoms with Crippen LogP contribution in [0.25, 0.3) is 10.2 Å². The molecule has 8 nitrogen and oxygen atoms in total. The Kier molecular flexibility index (Phi) is 4.37. The van der Waals surface area contributed by atoms with Crippen molar-refractivity contribution in [3.63, 3.8) is 0 Å². The number of aromatic nitrogens is 6. The number of nitrogens with zero attached hydrogens (tertiary/aromatic N) is 5. The summed E-state index contributed by atoms with van der Waals surface area (Å²) in [5.74, 6) is 1.38. The van der Waals surface area contributed by atoms with Gasteiger partial charge in [-0.1, -0.05) is 11.8 Å². The van der Waals surface area contributed by atoms with Crippen molar-refractivity contribution in [1.82, 2.24) is 30.2 Å². The minimum absolute atomic E-state index is 0.102. The maximum Gasteiger partial charge on any atom is 0.259 e. The van der Waals surface area contributed by atoms with Crippen molar-refractivity contribution < 1.29 is 4.42 Å². The number of tetrazole rings is 1. The van der Waals surface area contributed by atoms with Gasteiger partial charge in [-0.25, -0.2) is 9.67 Å². The van der Waals surface area contributed by atoms with E-state index < -0.39 is 0 Å². The highest BCUT2D eigenvalue weighted by molar-refractivity contribution is 7.99. The van der Waals surface area contributed by atoms with Crippen LogP contribution in [0.15, 0.2) is 32.8 Å². The van der Waals surface area contributed by atoms with E-state index in [2.05, 4.69) is 25.5 Å². The first-order valence-electron chi connectivity index (χ1n) is 7.98. The molecule has 0 saturated carbocycles. The average molecular weight is 388 g/mol.